The van der Waals surface area contributed by atoms with Crippen molar-refractivity contribution in [1.82, 2.24) is 5.32 Å². The first-order chi connectivity index (χ1) is 14.2. The number of hydrogen-bond donors (Lipinski definition) is 2. The van der Waals surface area contributed by atoms with Crippen molar-refractivity contribution in [3.8, 4) is 11.5 Å². The molecule has 1 amide bonds. The van der Waals surface area contributed by atoms with Crippen LogP contribution in [0, 0.1) is 0 Å². The van der Waals surface area contributed by atoms with E-state index in [1.807, 2.05) is 18.2 Å². The Kier molecular flexibility index (Phi) is 5.07. The highest BCUT2D eigenvalue weighted by Gasteiger charge is 2.33. The van der Waals surface area contributed by atoms with Crippen LogP contribution < -0.4 is 15.4 Å². The van der Waals surface area contributed by atoms with Crippen LogP contribution in [0.3, 0.4) is 0 Å². The molecule has 0 saturated heterocycles. The topological polar surface area (TPSA) is 50.4 Å². The predicted octanol–water partition coefficient (Wildman–Crippen LogP) is 6.16. The van der Waals surface area contributed by atoms with Crippen LogP contribution in [-0.2, 0) is 12.6 Å². The highest BCUT2D eigenvalue weighted by atomic mass is 35.5. The van der Waals surface area contributed by atoms with Gasteiger partial charge in [-0.05, 0) is 60.0 Å². The smallest absolute Gasteiger partial charge is 0.417 e. The first-order valence-electron chi connectivity index (χ1n) is 9.04. The van der Waals surface area contributed by atoms with Crippen LogP contribution in [0.4, 0.5) is 24.5 Å². The van der Waals surface area contributed by atoms with E-state index in [4.69, 9.17) is 16.3 Å². The summed E-state index contributed by atoms with van der Waals surface area (Å²) in [5, 5.41) is 5.48. The normalized spacial score (nSPS) is 12.3. The van der Waals surface area contributed by atoms with Gasteiger partial charge >= 0.3 is 6.18 Å². The number of carbonyl (C=O) groups excluding carboxylic acids is 1. The van der Waals surface area contributed by atoms with E-state index >= 15 is 0 Å². The maximum absolute atomic E-state index is 12.9. The Balaban J connectivity index is 1.58. The van der Waals surface area contributed by atoms with Crippen molar-refractivity contribution in [3.05, 3.63) is 81.9 Å². The third-order valence-corrected chi connectivity index (χ3v) is 5.07. The average molecular weight is 433 g/mol. The van der Waals surface area contributed by atoms with Gasteiger partial charge in [0.15, 0.2) is 11.5 Å². The molecule has 3 aromatic carbocycles. The third kappa shape index (κ3) is 3.93. The van der Waals surface area contributed by atoms with Crippen molar-refractivity contribution in [2.45, 2.75) is 12.6 Å². The summed E-state index contributed by atoms with van der Waals surface area (Å²) in [6, 6.07) is 14.4. The highest BCUT2D eigenvalue weighted by molar-refractivity contribution is 6.31. The first kappa shape index (κ1) is 20.1. The van der Waals surface area contributed by atoms with Crippen LogP contribution in [-0.4, -0.2) is 13.0 Å². The van der Waals surface area contributed by atoms with Crippen LogP contribution >= 0.6 is 11.6 Å². The number of carbonyl (C=O) groups is 1. The van der Waals surface area contributed by atoms with E-state index in [2.05, 4.69) is 10.6 Å². The van der Waals surface area contributed by atoms with Gasteiger partial charge in [0.05, 0.1) is 22.0 Å². The maximum Gasteiger partial charge on any atom is 0.417 e. The number of amides is 1. The molecule has 0 aliphatic carbocycles. The van der Waals surface area contributed by atoms with E-state index in [-0.39, 0.29) is 10.9 Å². The largest absolute Gasteiger partial charge is 0.453 e. The Hall–Kier alpha value is -3.19. The fraction of sp³-hybridized carbons (Fsp3) is 0.136. The van der Waals surface area contributed by atoms with Gasteiger partial charge in [0.25, 0.3) is 5.91 Å². The minimum Gasteiger partial charge on any atom is -0.453 e. The van der Waals surface area contributed by atoms with Gasteiger partial charge in [-0.1, -0.05) is 23.7 Å². The van der Waals surface area contributed by atoms with Crippen molar-refractivity contribution in [2.75, 3.05) is 12.4 Å². The Morgan fingerprint density at radius 1 is 1.00 bits per heavy atom. The van der Waals surface area contributed by atoms with Crippen LogP contribution in [0.25, 0.3) is 0 Å². The molecular weight excluding hydrogens is 417 g/mol. The van der Waals surface area contributed by atoms with Gasteiger partial charge in [0, 0.05) is 12.6 Å². The molecule has 0 spiro atoms. The minimum atomic E-state index is -4.48. The number of rotatable bonds is 3. The zero-order valence-electron chi connectivity index (χ0n) is 15.7. The molecule has 1 aliphatic rings. The molecule has 0 unspecified atom stereocenters. The molecule has 8 heteroatoms. The van der Waals surface area contributed by atoms with Gasteiger partial charge in [0.2, 0.25) is 0 Å². The molecule has 0 atom stereocenters. The van der Waals surface area contributed by atoms with E-state index in [1.54, 1.807) is 25.2 Å². The van der Waals surface area contributed by atoms with E-state index in [1.165, 1.54) is 12.1 Å². The fourth-order valence-electron chi connectivity index (χ4n) is 3.26. The van der Waals surface area contributed by atoms with Crippen molar-refractivity contribution in [3.63, 3.8) is 0 Å². The molecule has 0 fully saturated rings. The van der Waals surface area contributed by atoms with Crippen molar-refractivity contribution in [1.29, 1.82) is 0 Å². The van der Waals surface area contributed by atoms with E-state index in [0.717, 1.165) is 23.0 Å². The fourth-order valence-corrected chi connectivity index (χ4v) is 3.57. The van der Waals surface area contributed by atoms with Crippen molar-refractivity contribution >= 4 is 28.9 Å². The van der Waals surface area contributed by atoms with Gasteiger partial charge < -0.3 is 15.4 Å². The molecule has 0 radical (unpaired) electrons. The van der Waals surface area contributed by atoms with Crippen molar-refractivity contribution in [2.24, 2.45) is 0 Å². The monoisotopic (exact) mass is 432 g/mol. The second-order valence-corrected chi connectivity index (χ2v) is 7.24. The molecule has 2 N–H and O–H groups in total. The SMILES string of the molecule is CNC(=O)c1ccc2c(c1)Oc1cc(Cc3ccc(C(F)(F)F)c(Cl)c3)ccc1N2. The third-order valence-electron chi connectivity index (χ3n) is 4.75. The second-order valence-electron chi connectivity index (χ2n) is 6.84. The maximum atomic E-state index is 12.9. The lowest BCUT2D eigenvalue weighted by Crippen LogP contribution is -2.18. The lowest BCUT2D eigenvalue weighted by molar-refractivity contribution is -0.137. The number of ether oxygens (including phenoxy) is 1. The van der Waals surface area contributed by atoms with E-state index in [0.29, 0.717) is 29.0 Å². The molecule has 4 rings (SSSR count). The van der Waals surface area contributed by atoms with E-state index in [9.17, 15) is 18.0 Å². The van der Waals surface area contributed by atoms with Crippen LogP contribution in [0.2, 0.25) is 5.02 Å². The number of halogens is 4. The van der Waals surface area contributed by atoms with Gasteiger partial charge in [0.1, 0.15) is 0 Å². The highest BCUT2D eigenvalue weighted by Crippen LogP contribution is 2.43. The molecular formula is C22H16ClF3N2O2. The number of anilines is 2. The minimum absolute atomic E-state index is 0.222. The Morgan fingerprint density at radius 3 is 2.30 bits per heavy atom. The molecule has 4 nitrogen and oxygen atoms in total. The molecule has 1 heterocycles. The van der Waals surface area contributed by atoms with Gasteiger partial charge in [-0.15, -0.1) is 0 Å². The summed E-state index contributed by atoms with van der Waals surface area (Å²) in [5.41, 5.74) is 2.60. The zero-order valence-corrected chi connectivity index (χ0v) is 16.5. The van der Waals surface area contributed by atoms with Gasteiger partial charge in [-0.25, -0.2) is 0 Å². The molecule has 30 heavy (non-hydrogen) atoms. The van der Waals surface area contributed by atoms with Crippen molar-refractivity contribution < 1.29 is 22.7 Å². The lowest BCUT2D eigenvalue weighted by Gasteiger charge is -2.23. The lowest BCUT2D eigenvalue weighted by atomic mass is 10.0. The molecule has 0 aromatic heterocycles. The summed E-state index contributed by atoms with van der Waals surface area (Å²) in [6.45, 7) is 0. The quantitative estimate of drug-likeness (QED) is 0.407. The van der Waals surface area contributed by atoms with Crippen LogP contribution in [0.1, 0.15) is 27.0 Å². The van der Waals surface area contributed by atoms with E-state index < -0.39 is 11.7 Å². The number of benzene rings is 3. The predicted molar refractivity (Wildman–Crippen MR) is 109 cm³/mol. The van der Waals surface area contributed by atoms with Gasteiger partial charge in [-0.3, -0.25) is 4.79 Å². The molecule has 154 valence electrons. The summed E-state index contributed by atoms with van der Waals surface area (Å²) in [4.78, 5) is 11.8. The van der Waals surface area contributed by atoms with Crippen LogP contribution in [0.15, 0.2) is 54.6 Å². The van der Waals surface area contributed by atoms with Gasteiger partial charge in [-0.2, -0.15) is 13.2 Å². The Morgan fingerprint density at radius 2 is 1.63 bits per heavy atom. The number of alkyl halides is 3. The summed E-state index contributed by atoms with van der Waals surface area (Å²) in [5.74, 6) is 0.852. The molecule has 0 saturated carbocycles. The molecule has 3 aromatic rings. The summed E-state index contributed by atoms with van der Waals surface area (Å²) >= 11 is 5.82. The summed E-state index contributed by atoms with van der Waals surface area (Å²) in [6.07, 6.45) is -4.10. The first-order valence-corrected chi connectivity index (χ1v) is 9.42. The molecule has 0 bridgehead atoms. The number of nitrogens with one attached hydrogen (secondary N) is 2. The summed E-state index contributed by atoms with van der Waals surface area (Å²) < 4.78 is 44.6. The van der Waals surface area contributed by atoms with Crippen LogP contribution in [0.5, 0.6) is 11.5 Å². The second kappa shape index (κ2) is 7.57. The Labute approximate surface area is 175 Å². The number of fused-ring (bicyclic) bond motifs is 2. The molecule has 1 aliphatic heterocycles. The average Bonchev–Trinajstić information content (AvgIpc) is 2.70. The zero-order chi connectivity index (χ0) is 21.5. The standard InChI is InChI=1S/C22H16ClF3N2O2/c1-27-21(29)14-4-7-18-20(11-14)30-19-10-13(3-6-17(19)28-18)8-12-2-5-15(16(23)9-12)22(24,25)26/h2-7,9-11,28H,8H2,1H3,(H,27,29). The number of hydrogen-bond acceptors (Lipinski definition) is 3. The Bertz CT molecular complexity index is 1150. The summed E-state index contributed by atoms with van der Waals surface area (Å²) in [7, 11) is 1.55.